The molecule has 1 heterocycles. The third-order valence-electron chi connectivity index (χ3n) is 1.85. The van der Waals surface area contributed by atoms with Gasteiger partial charge in [-0.2, -0.15) is 0 Å². The molecular weight excluding hydrogens is 128 g/mol. The van der Waals surface area contributed by atoms with Crippen LogP contribution in [0, 0.1) is 11.8 Å². The van der Waals surface area contributed by atoms with Crippen molar-refractivity contribution in [1.82, 2.24) is 0 Å². The molecule has 0 spiro atoms. The molecule has 2 atom stereocenters. The highest BCUT2D eigenvalue weighted by atomic mass is 16.5. The van der Waals surface area contributed by atoms with E-state index in [9.17, 15) is 4.79 Å². The predicted molar refractivity (Wildman–Crippen MR) is 38.5 cm³/mol. The summed E-state index contributed by atoms with van der Waals surface area (Å²) in [5.74, 6) is 1.02. The Balaban J connectivity index is 2.46. The van der Waals surface area contributed by atoms with Crippen LogP contribution in [0.5, 0.6) is 0 Å². The van der Waals surface area contributed by atoms with Crippen LogP contribution in [-0.4, -0.2) is 12.6 Å². The first-order chi connectivity index (χ1) is 4.68. The average molecular weight is 142 g/mol. The molecule has 0 aliphatic carbocycles. The van der Waals surface area contributed by atoms with Gasteiger partial charge in [0.2, 0.25) is 0 Å². The van der Waals surface area contributed by atoms with Gasteiger partial charge in [0.25, 0.3) is 0 Å². The van der Waals surface area contributed by atoms with Gasteiger partial charge in [-0.05, 0) is 18.3 Å². The van der Waals surface area contributed by atoms with Gasteiger partial charge in [-0.1, -0.05) is 13.8 Å². The lowest BCUT2D eigenvalue weighted by atomic mass is 9.97. The molecule has 2 nitrogen and oxygen atoms in total. The van der Waals surface area contributed by atoms with Gasteiger partial charge in [-0.15, -0.1) is 0 Å². The van der Waals surface area contributed by atoms with Crippen LogP contribution in [0.3, 0.4) is 0 Å². The van der Waals surface area contributed by atoms with Crippen LogP contribution in [0.2, 0.25) is 0 Å². The fraction of sp³-hybridized carbons (Fsp3) is 0.875. The summed E-state index contributed by atoms with van der Waals surface area (Å²) in [6.45, 7) is 4.83. The number of cyclic esters (lactones) is 1. The summed E-state index contributed by atoms with van der Waals surface area (Å²) in [5.41, 5.74) is 0. The number of hydrogen-bond acceptors (Lipinski definition) is 2. The van der Waals surface area contributed by atoms with E-state index in [1.807, 2.05) is 0 Å². The maximum Gasteiger partial charge on any atom is 0.306 e. The van der Waals surface area contributed by atoms with Gasteiger partial charge >= 0.3 is 5.97 Å². The minimum absolute atomic E-state index is 0.0307. The van der Waals surface area contributed by atoms with Crippen molar-refractivity contribution in [3.63, 3.8) is 0 Å². The molecule has 0 aromatic heterocycles. The molecule has 0 amide bonds. The van der Waals surface area contributed by atoms with E-state index in [2.05, 4.69) is 13.8 Å². The fourth-order valence-electron chi connectivity index (χ4n) is 1.42. The highest BCUT2D eigenvalue weighted by Gasteiger charge is 2.18. The molecular formula is C8H14O2. The molecule has 2 heteroatoms. The van der Waals surface area contributed by atoms with Crippen molar-refractivity contribution >= 4 is 5.97 Å². The first-order valence-corrected chi connectivity index (χ1v) is 3.84. The molecule has 1 saturated heterocycles. The molecule has 58 valence electrons. The number of carbonyl (C=O) groups is 1. The lowest BCUT2D eigenvalue weighted by Crippen LogP contribution is -2.05. The van der Waals surface area contributed by atoms with Crippen molar-refractivity contribution in [2.75, 3.05) is 6.61 Å². The van der Waals surface area contributed by atoms with E-state index in [4.69, 9.17) is 4.74 Å². The Hall–Kier alpha value is -0.530. The molecule has 0 aromatic carbocycles. The molecule has 0 aromatic rings. The third-order valence-corrected chi connectivity index (χ3v) is 1.85. The Kier molecular flexibility index (Phi) is 2.30. The number of esters is 1. The van der Waals surface area contributed by atoms with Gasteiger partial charge in [0.05, 0.1) is 6.61 Å². The molecule has 1 rings (SSSR count). The highest BCUT2D eigenvalue weighted by Crippen LogP contribution is 2.19. The van der Waals surface area contributed by atoms with E-state index in [0.29, 0.717) is 24.9 Å². The SMILES string of the molecule is C[C@@H]1COC(=O)C[C@H](C)C1. The van der Waals surface area contributed by atoms with Crippen molar-refractivity contribution in [3.8, 4) is 0 Å². The lowest BCUT2D eigenvalue weighted by Gasteiger charge is -2.07. The number of ether oxygens (including phenoxy) is 1. The summed E-state index contributed by atoms with van der Waals surface area (Å²) in [7, 11) is 0. The quantitative estimate of drug-likeness (QED) is 0.480. The fourth-order valence-corrected chi connectivity index (χ4v) is 1.42. The average Bonchev–Trinajstić information content (AvgIpc) is 1.93. The first-order valence-electron chi connectivity index (χ1n) is 3.84. The van der Waals surface area contributed by atoms with Crippen molar-refractivity contribution in [2.24, 2.45) is 11.8 Å². The molecule has 1 fully saturated rings. The Labute approximate surface area is 61.6 Å². The van der Waals surface area contributed by atoms with E-state index in [0.717, 1.165) is 6.42 Å². The summed E-state index contributed by atoms with van der Waals surface area (Å²) in [6.07, 6.45) is 1.72. The van der Waals surface area contributed by atoms with Crippen LogP contribution in [0.15, 0.2) is 0 Å². The monoisotopic (exact) mass is 142 g/mol. The van der Waals surface area contributed by atoms with Gasteiger partial charge in [0.15, 0.2) is 0 Å². The van der Waals surface area contributed by atoms with Crippen molar-refractivity contribution < 1.29 is 9.53 Å². The van der Waals surface area contributed by atoms with Crippen LogP contribution >= 0.6 is 0 Å². The molecule has 0 radical (unpaired) electrons. The second kappa shape index (κ2) is 3.04. The van der Waals surface area contributed by atoms with Crippen molar-refractivity contribution in [1.29, 1.82) is 0 Å². The smallest absolute Gasteiger partial charge is 0.306 e. The molecule has 0 N–H and O–H groups in total. The Morgan fingerprint density at radius 2 is 2.10 bits per heavy atom. The lowest BCUT2D eigenvalue weighted by molar-refractivity contribution is -0.143. The zero-order chi connectivity index (χ0) is 7.56. The Morgan fingerprint density at radius 3 is 2.80 bits per heavy atom. The maximum atomic E-state index is 10.8. The normalized spacial score (nSPS) is 34.8. The maximum absolute atomic E-state index is 10.8. The topological polar surface area (TPSA) is 26.3 Å². The molecule has 0 saturated carbocycles. The summed E-state index contributed by atoms with van der Waals surface area (Å²) in [5, 5.41) is 0. The van der Waals surface area contributed by atoms with Crippen LogP contribution in [0.4, 0.5) is 0 Å². The number of rotatable bonds is 0. The molecule has 0 unspecified atom stereocenters. The second-order valence-corrected chi connectivity index (χ2v) is 3.33. The molecule has 1 aliphatic rings. The molecule has 10 heavy (non-hydrogen) atoms. The Morgan fingerprint density at radius 1 is 1.40 bits per heavy atom. The van der Waals surface area contributed by atoms with Gasteiger partial charge < -0.3 is 4.74 Å². The standard InChI is InChI=1S/C8H14O2/c1-6-3-7(2)5-10-8(9)4-6/h6-7H,3-5H2,1-2H3/t6-,7+/m1/s1. The van der Waals surface area contributed by atoms with Crippen molar-refractivity contribution in [3.05, 3.63) is 0 Å². The van der Waals surface area contributed by atoms with Crippen LogP contribution < -0.4 is 0 Å². The number of hydrogen-bond donors (Lipinski definition) is 0. The van der Waals surface area contributed by atoms with Gasteiger partial charge in [0, 0.05) is 6.42 Å². The first kappa shape index (κ1) is 7.58. The zero-order valence-corrected chi connectivity index (χ0v) is 6.59. The van der Waals surface area contributed by atoms with E-state index in [1.54, 1.807) is 0 Å². The summed E-state index contributed by atoms with van der Waals surface area (Å²) in [6, 6.07) is 0. The van der Waals surface area contributed by atoms with Gasteiger partial charge in [0.1, 0.15) is 0 Å². The van der Waals surface area contributed by atoms with Gasteiger partial charge in [-0.25, -0.2) is 0 Å². The van der Waals surface area contributed by atoms with E-state index >= 15 is 0 Å². The van der Waals surface area contributed by atoms with E-state index in [1.165, 1.54) is 0 Å². The van der Waals surface area contributed by atoms with Gasteiger partial charge in [-0.3, -0.25) is 4.79 Å². The Bertz CT molecular complexity index is 131. The summed E-state index contributed by atoms with van der Waals surface area (Å²) in [4.78, 5) is 10.8. The minimum Gasteiger partial charge on any atom is -0.465 e. The third kappa shape index (κ3) is 2.01. The second-order valence-electron chi connectivity index (χ2n) is 3.33. The molecule has 0 bridgehead atoms. The largest absolute Gasteiger partial charge is 0.465 e. The summed E-state index contributed by atoms with van der Waals surface area (Å²) < 4.78 is 4.95. The minimum atomic E-state index is -0.0307. The van der Waals surface area contributed by atoms with Crippen molar-refractivity contribution in [2.45, 2.75) is 26.7 Å². The zero-order valence-electron chi connectivity index (χ0n) is 6.59. The van der Waals surface area contributed by atoms with E-state index in [-0.39, 0.29) is 5.97 Å². The molecule has 1 aliphatic heterocycles. The predicted octanol–water partition coefficient (Wildman–Crippen LogP) is 1.60. The highest BCUT2D eigenvalue weighted by molar-refractivity contribution is 5.69. The van der Waals surface area contributed by atoms with E-state index < -0.39 is 0 Å². The number of carbonyl (C=O) groups excluding carboxylic acids is 1. The van der Waals surface area contributed by atoms with Crippen LogP contribution in [-0.2, 0) is 9.53 Å². The van der Waals surface area contributed by atoms with Crippen LogP contribution in [0.1, 0.15) is 26.7 Å². The van der Waals surface area contributed by atoms with Crippen LogP contribution in [0.25, 0.3) is 0 Å². The summed E-state index contributed by atoms with van der Waals surface area (Å²) >= 11 is 0.